The molecule has 2 aromatic heterocycles. The van der Waals surface area contributed by atoms with Gasteiger partial charge in [0.1, 0.15) is 23.2 Å². The number of esters is 1. The number of halogens is 2. The predicted molar refractivity (Wildman–Crippen MR) is 179 cm³/mol. The van der Waals surface area contributed by atoms with Gasteiger partial charge in [0.25, 0.3) is 11.5 Å². The molecule has 47 heavy (non-hydrogen) atoms. The molecule has 2 heterocycles. The maximum atomic E-state index is 15.3. The van der Waals surface area contributed by atoms with E-state index in [-0.39, 0.29) is 42.5 Å². The van der Waals surface area contributed by atoms with Gasteiger partial charge in [0.2, 0.25) is 0 Å². The molecule has 0 aliphatic rings. The summed E-state index contributed by atoms with van der Waals surface area (Å²) in [5.41, 5.74) is 0.915. The Kier molecular flexibility index (Phi) is 11.0. The second kappa shape index (κ2) is 14.9. The summed E-state index contributed by atoms with van der Waals surface area (Å²) in [6.07, 6.45) is 0.944. The highest BCUT2D eigenvalue weighted by molar-refractivity contribution is 6.05. The molecule has 1 N–H and O–H groups in total. The van der Waals surface area contributed by atoms with Crippen molar-refractivity contribution in [2.75, 3.05) is 33.1 Å². The first-order valence-corrected chi connectivity index (χ1v) is 14.5. The van der Waals surface area contributed by atoms with Gasteiger partial charge in [0.15, 0.2) is 11.6 Å². The number of carbonyl (C=O) groups is 2. The molecule has 0 bridgehead atoms. The molecule has 1 atom stereocenters. The average Bonchev–Trinajstić information content (AvgIpc) is 3.26. The van der Waals surface area contributed by atoms with Crippen LogP contribution in [-0.4, -0.2) is 65.0 Å². The molecule has 13 heteroatoms. The van der Waals surface area contributed by atoms with Crippen molar-refractivity contribution >= 4 is 40.9 Å². The van der Waals surface area contributed by atoms with E-state index in [2.05, 4.69) is 10.3 Å². The lowest BCUT2D eigenvalue weighted by atomic mass is 10.2. The van der Waals surface area contributed by atoms with Crippen LogP contribution in [0.2, 0.25) is 0 Å². The van der Waals surface area contributed by atoms with Crippen LogP contribution in [0.15, 0.2) is 83.8 Å². The summed E-state index contributed by atoms with van der Waals surface area (Å²) in [4.78, 5) is 45.5. The van der Waals surface area contributed by atoms with Crippen LogP contribution in [-0.2, 0) is 16.1 Å². The number of ether oxygens (including phenoxy) is 3. The molecule has 5 aromatic rings. The van der Waals surface area contributed by atoms with E-state index in [1.165, 1.54) is 16.8 Å². The Morgan fingerprint density at radius 2 is 1.77 bits per heavy atom. The van der Waals surface area contributed by atoms with Crippen molar-refractivity contribution in [3.8, 4) is 22.9 Å². The fourth-order valence-corrected chi connectivity index (χ4v) is 5.05. The lowest BCUT2D eigenvalue weighted by Gasteiger charge is -2.19. The zero-order valence-corrected chi connectivity index (χ0v) is 27.3. The number of para-hydroxylation sites is 1. The number of hydrogen-bond donors (Lipinski definition) is 1. The number of nitrogens with zero attached hydrogens (tertiary/aromatic N) is 4. The van der Waals surface area contributed by atoms with E-state index in [1.807, 2.05) is 6.07 Å². The van der Waals surface area contributed by atoms with Crippen LogP contribution < -0.4 is 20.3 Å². The SMILES string of the molecule is COc1ccc2c(Oc3ccc(NC(=O)c4c(C)n(CC(C)OC(=O)CN(C)C)n(-c5ccccc5)c4=O)cc3F)ccnc2c1.Cl. The smallest absolute Gasteiger partial charge is 0.320 e. The summed E-state index contributed by atoms with van der Waals surface area (Å²) in [7, 11) is 5.07. The van der Waals surface area contributed by atoms with E-state index in [1.54, 1.807) is 99.4 Å². The van der Waals surface area contributed by atoms with E-state index in [9.17, 15) is 14.4 Å². The summed E-state index contributed by atoms with van der Waals surface area (Å²) >= 11 is 0. The van der Waals surface area contributed by atoms with E-state index in [0.29, 0.717) is 33.8 Å². The van der Waals surface area contributed by atoms with E-state index in [0.717, 1.165) is 6.07 Å². The zero-order valence-electron chi connectivity index (χ0n) is 26.5. The number of fused-ring (bicyclic) bond motifs is 1. The lowest BCUT2D eigenvalue weighted by Crippen LogP contribution is -2.31. The van der Waals surface area contributed by atoms with Gasteiger partial charge in [0, 0.05) is 29.4 Å². The monoisotopic (exact) mass is 663 g/mol. The van der Waals surface area contributed by atoms with E-state index >= 15 is 4.39 Å². The van der Waals surface area contributed by atoms with Crippen molar-refractivity contribution < 1.29 is 28.2 Å². The number of nitrogens with one attached hydrogen (secondary N) is 1. The molecule has 0 aliphatic carbocycles. The summed E-state index contributed by atoms with van der Waals surface area (Å²) in [6.45, 7) is 3.56. The van der Waals surface area contributed by atoms with Gasteiger partial charge in [-0.1, -0.05) is 18.2 Å². The van der Waals surface area contributed by atoms with Crippen molar-refractivity contribution in [2.24, 2.45) is 0 Å². The van der Waals surface area contributed by atoms with Crippen LogP contribution in [0, 0.1) is 12.7 Å². The molecule has 0 fully saturated rings. The number of pyridine rings is 1. The van der Waals surface area contributed by atoms with Crippen molar-refractivity contribution in [3.63, 3.8) is 0 Å². The minimum atomic E-state index is -0.722. The van der Waals surface area contributed by atoms with Gasteiger partial charge in [-0.05, 0) is 70.4 Å². The standard InChI is InChI=1S/C34H34FN5O6.ClH/c1-21(45-31(41)20-38(3)4)19-39-22(2)32(34(43)40(39)24-9-7-6-8-10-24)33(42)37-23-11-14-30(27(35)17-23)46-29-15-16-36-28-18-25(44-5)12-13-26(28)29;/h6-18,21H,19-20H2,1-5H3,(H,37,42);1H. The van der Waals surface area contributed by atoms with Crippen LogP contribution in [0.4, 0.5) is 10.1 Å². The highest BCUT2D eigenvalue weighted by atomic mass is 35.5. The van der Waals surface area contributed by atoms with Gasteiger partial charge in [0.05, 0.1) is 37.1 Å². The summed E-state index contributed by atoms with van der Waals surface area (Å²) in [5, 5.41) is 3.30. The number of methoxy groups -OCH3 is 1. The number of amides is 1. The summed E-state index contributed by atoms with van der Waals surface area (Å²) in [5.74, 6) is -0.898. The van der Waals surface area contributed by atoms with Crippen LogP contribution in [0.1, 0.15) is 23.0 Å². The maximum absolute atomic E-state index is 15.3. The number of anilines is 1. The molecule has 3 aromatic carbocycles. The Morgan fingerprint density at radius 1 is 1.02 bits per heavy atom. The number of carbonyl (C=O) groups excluding carboxylic acids is 2. The molecular formula is C34H35ClFN5O6. The van der Waals surface area contributed by atoms with Gasteiger partial charge < -0.3 is 19.5 Å². The molecule has 0 aliphatic heterocycles. The number of hydrogen-bond acceptors (Lipinski definition) is 8. The molecule has 11 nitrogen and oxygen atoms in total. The second-order valence-corrected chi connectivity index (χ2v) is 10.9. The predicted octanol–water partition coefficient (Wildman–Crippen LogP) is 5.60. The number of benzene rings is 3. The third-order valence-corrected chi connectivity index (χ3v) is 7.15. The molecule has 246 valence electrons. The first kappa shape index (κ1) is 34.7. The Bertz CT molecular complexity index is 1960. The normalized spacial score (nSPS) is 11.6. The highest BCUT2D eigenvalue weighted by Crippen LogP contribution is 2.33. The van der Waals surface area contributed by atoms with Gasteiger partial charge >= 0.3 is 5.97 Å². The van der Waals surface area contributed by atoms with Gasteiger partial charge in [-0.2, -0.15) is 0 Å². The molecule has 1 amide bonds. The van der Waals surface area contributed by atoms with Crippen LogP contribution in [0.5, 0.6) is 17.2 Å². The fourth-order valence-electron chi connectivity index (χ4n) is 5.05. The topological polar surface area (TPSA) is 117 Å². The van der Waals surface area contributed by atoms with Crippen molar-refractivity contribution in [1.82, 2.24) is 19.2 Å². The number of aromatic nitrogens is 3. The Balaban J connectivity index is 0.00000500. The number of rotatable bonds is 11. The quantitative estimate of drug-likeness (QED) is 0.182. The molecule has 5 rings (SSSR count). The van der Waals surface area contributed by atoms with Crippen LogP contribution in [0.25, 0.3) is 16.6 Å². The molecule has 0 saturated carbocycles. The van der Waals surface area contributed by atoms with Crippen LogP contribution >= 0.6 is 12.4 Å². The molecule has 0 saturated heterocycles. The first-order chi connectivity index (χ1) is 22.0. The van der Waals surface area contributed by atoms with E-state index < -0.39 is 29.4 Å². The Labute approximate surface area is 276 Å². The van der Waals surface area contributed by atoms with Crippen LogP contribution in [0.3, 0.4) is 0 Å². The summed E-state index contributed by atoms with van der Waals surface area (Å²) < 4.78 is 34.9. The highest BCUT2D eigenvalue weighted by Gasteiger charge is 2.26. The molecule has 1 unspecified atom stereocenters. The maximum Gasteiger partial charge on any atom is 0.320 e. The lowest BCUT2D eigenvalue weighted by molar-refractivity contribution is -0.149. The minimum absolute atomic E-state index is 0. The van der Waals surface area contributed by atoms with Gasteiger partial charge in [-0.25, -0.2) is 9.07 Å². The van der Waals surface area contributed by atoms with Gasteiger partial charge in [-0.15, -0.1) is 12.4 Å². The number of likely N-dealkylation sites (N-methyl/N-ethyl adjacent to an activating group) is 1. The van der Waals surface area contributed by atoms with Crippen molar-refractivity contribution in [1.29, 1.82) is 0 Å². The Morgan fingerprint density at radius 3 is 2.45 bits per heavy atom. The molecule has 0 radical (unpaired) electrons. The molecular weight excluding hydrogens is 629 g/mol. The molecule has 0 spiro atoms. The van der Waals surface area contributed by atoms with Crippen molar-refractivity contribution in [2.45, 2.75) is 26.5 Å². The third-order valence-electron chi connectivity index (χ3n) is 7.15. The van der Waals surface area contributed by atoms with E-state index in [4.69, 9.17) is 14.2 Å². The fraction of sp³-hybridized carbons (Fsp3) is 0.235. The third kappa shape index (κ3) is 7.79. The first-order valence-electron chi connectivity index (χ1n) is 14.5. The largest absolute Gasteiger partial charge is 0.497 e. The Hall–Kier alpha value is -5.20. The second-order valence-electron chi connectivity index (χ2n) is 10.9. The van der Waals surface area contributed by atoms with Gasteiger partial charge in [-0.3, -0.25) is 28.9 Å². The van der Waals surface area contributed by atoms with Crippen molar-refractivity contribution in [3.05, 3.63) is 106 Å². The summed E-state index contributed by atoms with van der Waals surface area (Å²) in [6, 6.07) is 19.7. The average molecular weight is 664 g/mol. The minimum Gasteiger partial charge on any atom is -0.497 e. The zero-order chi connectivity index (χ0) is 33.0.